The van der Waals surface area contributed by atoms with E-state index in [4.69, 9.17) is 14.7 Å². The highest BCUT2D eigenvalue weighted by Gasteiger charge is 2.43. The lowest BCUT2D eigenvalue weighted by molar-refractivity contribution is 0.227. The van der Waals surface area contributed by atoms with Crippen molar-refractivity contribution < 1.29 is 9.47 Å². The Balaban J connectivity index is 2.06. The van der Waals surface area contributed by atoms with Crippen LogP contribution in [0.1, 0.15) is 37.8 Å². The second-order valence-electron chi connectivity index (χ2n) is 5.54. The fourth-order valence-electron chi connectivity index (χ4n) is 2.19. The van der Waals surface area contributed by atoms with Crippen LogP contribution in [-0.4, -0.2) is 20.8 Å². The van der Waals surface area contributed by atoms with E-state index in [2.05, 4.69) is 18.3 Å². The van der Waals surface area contributed by atoms with Gasteiger partial charge in [-0.3, -0.25) is 0 Å². The lowest BCUT2D eigenvalue weighted by atomic mass is 10.1. The molecule has 20 heavy (non-hydrogen) atoms. The van der Waals surface area contributed by atoms with E-state index in [0.29, 0.717) is 13.0 Å². The van der Waals surface area contributed by atoms with Crippen LogP contribution >= 0.6 is 0 Å². The molecule has 1 aliphatic rings. The van der Waals surface area contributed by atoms with Crippen LogP contribution in [-0.2, 0) is 0 Å². The minimum absolute atomic E-state index is 0.0801. The molecule has 1 fully saturated rings. The number of hydrogen-bond donors (Lipinski definition) is 1. The molecule has 108 valence electrons. The maximum Gasteiger partial charge on any atom is 0.161 e. The van der Waals surface area contributed by atoms with Crippen molar-refractivity contribution >= 4 is 0 Å². The van der Waals surface area contributed by atoms with E-state index in [1.54, 1.807) is 7.11 Å². The van der Waals surface area contributed by atoms with Crippen molar-refractivity contribution in [1.29, 1.82) is 5.26 Å². The van der Waals surface area contributed by atoms with Crippen LogP contribution in [0.15, 0.2) is 18.2 Å². The molecule has 1 unspecified atom stereocenters. The fourth-order valence-corrected chi connectivity index (χ4v) is 2.19. The van der Waals surface area contributed by atoms with Gasteiger partial charge in [-0.15, -0.1) is 0 Å². The van der Waals surface area contributed by atoms with Crippen molar-refractivity contribution in [3.63, 3.8) is 0 Å². The summed E-state index contributed by atoms with van der Waals surface area (Å²) in [6.45, 7) is 2.69. The minimum atomic E-state index is 0.0801. The Hall–Kier alpha value is -1.73. The van der Waals surface area contributed by atoms with Crippen LogP contribution in [0.25, 0.3) is 0 Å². The molecule has 1 aliphatic carbocycles. The second-order valence-corrected chi connectivity index (χ2v) is 5.54. The molecule has 0 amide bonds. The molecular formula is C16H22N2O2. The molecule has 0 spiro atoms. The number of nitrogens with zero attached hydrogens (tertiary/aromatic N) is 1. The van der Waals surface area contributed by atoms with Crippen LogP contribution in [0.4, 0.5) is 0 Å². The highest BCUT2D eigenvalue weighted by atomic mass is 16.5. The van der Waals surface area contributed by atoms with Gasteiger partial charge < -0.3 is 14.8 Å². The van der Waals surface area contributed by atoms with Gasteiger partial charge in [0.05, 0.1) is 19.8 Å². The van der Waals surface area contributed by atoms with Crippen molar-refractivity contribution in [1.82, 2.24) is 5.32 Å². The zero-order valence-electron chi connectivity index (χ0n) is 12.4. The Morgan fingerprint density at radius 3 is 2.70 bits per heavy atom. The van der Waals surface area contributed by atoms with Crippen molar-refractivity contribution in [2.45, 2.75) is 32.2 Å². The van der Waals surface area contributed by atoms with Gasteiger partial charge in [0.25, 0.3) is 0 Å². The molecule has 0 radical (unpaired) electrons. The molecule has 0 bridgehead atoms. The largest absolute Gasteiger partial charge is 0.493 e. The number of nitriles is 1. The maximum absolute atomic E-state index is 8.83. The van der Waals surface area contributed by atoms with E-state index >= 15 is 0 Å². The fraction of sp³-hybridized carbons (Fsp3) is 0.562. The summed E-state index contributed by atoms with van der Waals surface area (Å²) in [5, 5.41) is 12.0. The van der Waals surface area contributed by atoms with Gasteiger partial charge in [0.15, 0.2) is 11.5 Å². The first-order valence-corrected chi connectivity index (χ1v) is 6.99. The summed E-state index contributed by atoms with van der Waals surface area (Å²) >= 11 is 0. The minimum Gasteiger partial charge on any atom is -0.493 e. The van der Waals surface area contributed by atoms with Crippen LogP contribution in [0, 0.1) is 16.7 Å². The molecule has 4 heteroatoms. The lowest BCUT2D eigenvalue weighted by Gasteiger charge is -2.17. The molecule has 1 aromatic rings. The van der Waals surface area contributed by atoms with Gasteiger partial charge in [-0.25, -0.2) is 0 Å². The summed E-state index contributed by atoms with van der Waals surface area (Å²) in [6.07, 6.45) is 2.74. The SMILES string of the molecule is CNC(C)c1ccc(OCC2(CC#N)CC2)c(OC)c1. The standard InChI is InChI=1S/C16H22N2O2/c1-12(18-2)13-4-5-14(15(10-13)19-3)20-11-16(6-7-16)8-9-17/h4-5,10,12,18H,6-8,11H2,1-3H3. The third-order valence-corrected chi connectivity index (χ3v) is 4.07. The zero-order chi connectivity index (χ0) is 14.6. The Morgan fingerprint density at radius 2 is 2.15 bits per heavy atom. The predicted molar refractivity (Wildman–Crippen MR) is 77.9 cm³/mol. The zero-order valence-corrected chi connectivity index (χ0v) is 12.4. The smallest absolute Gasteiger partial charge is 0.161 e. The summed E-state index contributed by atoms with van der Waals surface area (Å²) in [5.74, 6) is 1.50. The number of methoxy groups -OCH3 is 1. The van der Waals surface area contributed by atoms with Gasteiger partial charge in [-0.1, -0.05) is 6.07 Å². The Morgan fingerprint density at radius 1 is 1.40 bits per heavy atom. The molecular weight excluding hydrogens is 252 g/mol. The van der Waals surface area contributed by atoms with Crippen LogP contribution in [0.3, 0.4) is 0 Å². The van der Waals surface area contributed by atoms with Gasteiger partial charge in [0.2, 0.25) is 0 Å². The van der Waals surface area contributed by atoms with E-state index in [1.807, 2.05) is 25.2 Å². The highest BCUT2D eigenvalue weighted by Crippen LogP contribution is 2.49. The summed E-state index contributed by atoms with van der Waals surface area (Å²) < 4.78 is 11.3. The molecule has 0 aliphatic heterocycles. The molecule has 1 aromatic carbocycles. The van der Waals surface area contributed by atoms with Crippen LogP contribution in [0.5, 0.6) is 11.5 Å². The first-order valence-electron chi connectivity index (χ1n) is 6.99. The average molecular weight is 274 g/mol. The number of nitrogens with one attached hydrogen (secondary N) is 1. The topological polar surface area (TPSA) is 54.3 Å². The van der Waals surface area contributed by atoms with E-state index in [1.165, 1.54) is 0 Å². The van der Waals surface area contributed by atoms with E-state index in [9.17, 15) is 0 Å². The van der Waals surface area contributed by atoms with E-state index < -0.39 is 0 Å². The van der Waals surface area contributed by atoms with Crippen LogP contribution in [0.2, 0.25) is 0 Å². The molecule has 1 saturated carbocycles. The first kappa shape index (κ1) is 14.7. The third-order valence-electron chi connectivity index (χ3n) is 4.07. The number of hydrogen-bond acceptors (Lipinski definition) is 4. The Labute approximate surface area is 120 Å². The monoisotopic (exact) mass is 274 g/mol. The normalized spacial score (nSPS) is 17.1. The summed E-state index contributed by atoms with van der Waals surface area (Å²) in [4.78, 5) is 0. The quantitative estimate of drug-likeness (QED) is 0.830. The van der Waals surface area contributed by atoms with Gasteiger partial charge in [-0.2, -0.15) is 5.26 Å². The predicted octanol–water partition coefficient (Wildman–Crippen LogP) is 3.05. The number of benzene rings is 1. The van der Waals surface area contributed by atoms with E-state index in [-0.39, 0.29) is 11.5 Å². The summed E-state index contributed by atoms with van der Waals surface area (Å²) in [5.41, 5.74) is 1.24. The number of ether oxygens (including phenoxy) is 2. The average Bonchev–Trinajstić information content (AvgIpc) is 3.24. The highest BCUT2D eigenvalue weighted by molar-refractivity contribution is 5.43. The number of rotatable bonds is 7. The van der Waals surface area contributed by atoms with Crippen molar-refractivity contribution in [3.8, 4) is 17.6 Å². The second kappa shape index (κ2) is 6.15. The Kier molecular flexibility index (Phi) is 4.51. The molecule has 2 rings (SSSR count). The first-order chi connectivity index (χ1) is 9.64. The molecule has 0 heterocycles. The summed E-state index contributed by atoms with van der Waals surface area (Å²) in [6, 6.07) is 8.51. The van der Waals surface area contributed by atoms with E-state index in [0.717, 1.165) is 29.9 Å². The third kappa shape index (κ3) is 3.23. The summed E-state index contributed by atoms with van der Waals surface area (Å²) in [7, 11) is 3.58. The van der Waals surface area contributed by atoms with Gasteiger partial charge in [0.1, 0.15) is 0 Å². The molecule has 4 nitrogen and oxygen atoms in total. The molecule has 1 atom stereocenters. The Bertz CT molecular complexity index is 504. The van der Waals surface area contributed by atoms with Crippen molar-refractivity contribution in [2.75, 3.05) is 20.8 Å². The lowest BCUT2D eigenvalue weighted by Crippen LogP contribution is -2.14. The maximum atomic E-state index is 8.83. The van der Waals surface area contributed by atoms with Gasteiger partial charge >= 0.3 is 0 Å². The molecule has 0 saturated heterocycles. The van der Waals surface area contributed by atoms with Crippen molar-refractivity contribution in [2.24, 2.45) is 5.41 Å². The van der Waals surface area contributed by atoms with Crippen molar-refractivity contribution in [3.05, 3.63) is 23.8 Å². The molecule has 0 aromatic heterocycles. The van der Waals surface area contributed by atoms with Crippen LogP contribution < -0.4 is 14.8 Å². The van der Waals surface area contributed by atoms with Gasteiger partial charge in [-0.05, 0) is 44.5 Å². The van der Waals surface area contributed by atoms with Gasteiger partial charge in [0, 0.05) is 17.9 Å². The molecule has 1 N–H and O–H groups in total.